The Morgan fingerprint density at radius 3 is 2.39 bits per heavy atom. The van der Waals surface area contributed by atoms with Crippen molar-refractivity contribution in [2.75, 3.05) is 0 Å². The third-order valence-corrected chi connectivity index (χ3v) is 2.52. The highest BCUT2D eigenvalue weighted by Crippen LogP contribution is 2.32. The quantitative estimate of drug-likeness (QED) is 0.774. The minimum atomic E-state index is -4.72. The van der Waals surface area contributed by atoms with Crippen LogP contribution < -0.4 is 5.73 Å². The first-order valence-electron chi connectivity index (χ1n) is 5.14. The lowest BCUT2D eigenvalue weighted by Crippen LogP contribution is -2.18. The first-order valence-corrected chi connectivity index (χ1v) is 5.14. The summed E-state index contributed by atoms with van der Waals surface area (Å²) in [5.74, 6) is -0.970. The van der Waals surface area contributed by atoms with Gasteiger partial charge >= 0.3 is 6.18 Å². The van der Waals surface area contributed by atoms with Crippen molar-refractivity contribution in [1.29, 1.82) is 0 Å². The highest BCUT2D eigenvalue weighted by molar-refractivity contribution is 6.04. The Hall–Kier alpha value is -1.92. The van der Waals surface area contributed by atoms with Crippen molar-refractivity contribution in [2.24, 2.45) is 15.9 Å². The predicted octanol–water partition coefficient (Wildman–Crippen LogP) is 2.70. The van der Waals surface area contributed by atoms with E-state index in [9.17, 15) is 17.6 Å². The monoisotopic (exact) mass is 259 g/mol. The van der Waals surface area contributed by atoms with Crippen LogP contribution in [0.4, 0.5) is 17.6 Å². The molecule has 0 atom stereocenters. The molecular weight excluding hydrogens is 250 g/mol. The number of benzene rings is 1. The zero-order valence-electron chi connectivity index (χ0n) is 9.13. The summed E-state index contributed by atoms with van der Waals surface area (Å²) >= 11 is 0. The fraction of sp³-hybridized carbons (Fsp3) is 0.273. The molecule has 1 aromatic carbocycles. The van der Waals surface area contributed by atoms with Crippen LogP contribution in [0.15, 0.2) is 28.4 Å². The van der Waals surface area contributed by atoms with Crippen molar-refractivity contribution in [3.63, 3.8) is 0 Å². The molecule has 96 valence electrons. The Morgan fingerprint density at radius 2 is 1.83 bits per heavy atom. The van der Waals surface area contributed by atoms with Crippen molar-refractivity contribution in [3.8, 4) is 0 Å². The molecule has 0 fully saturated rings. The lowest BCUT2D eigenvalue weighted by Gasteiger charge is -2.13. The van der Waals surface area contributed by atoms with E-state index in [0.29, 0.717) is 24.4 Å². The first-order chi connectivity index (χ1) is 8.38. The van der Waals surface area contributed by atoms with Crippen LogP contribution in [-0.4, -0.2) is 11.5 Å². The highest BCUT2D eigenvalue weighted by Gasteiger charge is 2.34. The molecule has 0 unspecified atom stereocenters. The summed E-state index contributed by atoms with van der Waals surface area (Å²) in [5, 5.41) is 7.33. The highest BCUT2D eigenvalue weighted by atomic mass is 19.4. The average molecular weight is 259 g/mol. The minimum absolute atomic E-state index is 0.208. The summed E-state index contributed by atoms with van der Waals surface area (Å²) in [6.07, 6.45) is -3.91. The van der Waals surface area contributed by atoms with Gasteiger partial charge in [0.2, 0.25) is 0 Å². The normalized spacial score (nSPS) is 16.2. The molecule has 2 rings (SSSR count). The number of nitrogens with zero attached hydrogens (tertiary/aromatic N) is 2. The third-order valence-electron chi connectivity index (χ3n) is 2.52. The molecule has 3 nitrogen and oxygen atoms in total. The number of rotatable bonds is 1. The van der Waals surface area contributed by atoms with Gasteiger partial charge in [0, 0.05) is 6.42 Å². The minimum Gasteiger partial charge on any atom is -0.386 e. The van der Waals surface area contributed by atoms with Crippen molar-refractivity contribution in [3.05, 3.63) is 35.1 Å². The van der Waals surface area contributed by atoms with Crippen molar-refractivity contribution >= 4 is 11.5 Å². The van der Waals surface area contributed by atoms with Crippen LogP contribution in [0, 0.1) is 5.82 Å². The van der Waals surface area contributed by atoms with Crippen LogP contribution in [0.2, 0.25) is 0 Å². The number of nitrogens with two attached hydrogens (primary N) is 1. The summed E-state index contributed by atoms with van der Waals surface area (Å²) in [6.45, 7) is 0. The fourth-order valence-corrected chi connectivity index (χ4v) is 1.60. The van der Waals surface area contributed by atoms with Crippen LogP contribution in [0.5, 0.6) is 0 Å². The lowest BCUT2D eigenvalue weighted by molar-refractivity contribution is -0.140. The summed E-state index contributed by atoms with van der Waals surface area (Å²) in [4.78, 5) is 0. The maximum absolute atomic E-state index is 13.1. The van der Waals surface area contributed by atoms with Gasteiger partial charge in [-0.25, -0.2) is 4.39 Å². The predicted molar refractivity (Wildman–Crippen MR) is 58.8 cm³/mol. The largest absolute Gasteiger partial charge is 0.419 e. The molecular formula is C11H9F4N3. The summed E-state index contributed by atoms with van der Waals surface area (Å²) < 4.78 is 50.7. The molecule has 2 N–H and O–H groups in total. The topological polar surface area (TPSA) is 50.7 Å². The SMILES string of the molecule is NC1=NN=C(c2ccc(F)c(C(F)(F)F)c2)CC1. The summed E-state index contributed by atoms with van der Waals surface area (Å²) in [6, 6.07) is 2.77. The molecule has 7 heteroatoms. The Bertz CT molecular complexity index is 532. The first kappa shape index (κ1) is 12.5. The molecule has 1 aliphatic rings. The Balaban J connectivity index is 2.42. The second-order valence-electron chi connectivity index (χ2n) is 3.83. The third kappa shape index (κ3) is 2.49. The maximum atomic E-state index is 13.1. The van der Waals surface area contributed by atoms with E-state index >= 15 is 0 Å². The van der Waals surface area contributed by atoms with E-state index < -0.39 is 17.6 Å². The second-order valence-corrected chi connectivity index (χ2v) is 3.83. The van der Waals surface area contributed by atoms with Gasteiger partial charge in [0.05, 0.1) is 11.3 Å². The van der Waals surface area contributed by atoms with Crippen molar-refractivity contribution in [1.82, 2.24) is 0 Å². The van der Waals surface area contributed by atoms with Gasteiger partial charge in [0.1, 0.15) is 11.7 Å². The molecule has 0 aromatic heterocycles. The molecule has 0 saturated heterocycles. The zero-order valence-corrected chi connectivity index (χ0v) is 9.13. The van der Waals surface area contributed by atoms with E-state index in [1.807, 2.05) is 0 Å². The molecule has 18 heavy (non-hydrogen) atoms. The van der Waals surface area contributed by atoms with Gasteiger partial charge < -0.3 is 5.73 Å². The molecule has 0 amide bonds. The molecule has 0 spiro atoms. The van der Waals surface area contributed by atoms with Crippen molar-refractivity contribution < 1.29 is 17.6 Å². The molecule has 1 heterocycles. The van der Waals surface area contributed by atoms with Gasteiger partial charge in [0.25, 0.3) is 0 Å². The van der Waals surface area contributed by atoms with Crippen molar-refractivity contribution in [2.45, 2.75) is 19.0 Å². The molecule has 1 aromatic rings. The number of halogens is 4. The van der Waals surface area contributed by atoms with E-state index in [1.54, 1.807) is 0 Å². The smallest absolute Gasteiger partial charge is 0.386 e. The summed E-state index contributed by atoms with van der Waals surface area (Å²) in [7, 11) is 0. The fourth-order valence-electron chi connectivity index (χ4n) is 1.60. The lowest BCUT2D eigenvalue weighted by atomic mass is 10.0. The molecule has 0 bridgehead atoms. The van der Waals surface area contributed by atoms with E-state index in [2.05, 4.69) is 10.2 Å². The van der Waals surface area contributed by atoms with Gasteiger partial charge in [-0.1, -0.05) is 6.07 Å². The summed E-state index contributed by atoms with van der Waals surface area (Å²) in [5.41, 5.74) is 4.68. The van der Waals surface area contributed by atoms with Gasteiger partial charge in [-0.3, -0.25) is 0 Å². The molecule has 1 aliphatic heterocycles. The van der Waals surface area contributed by atoms with E-state index in [1.165, 1.54) is 6.07 Å². The Morgan fingerprint density at radius 1 is 1.11 bits per heavy atom. The number of hydrogen-bond acceptors (Lipinski definition) is 3. The number of amidine groups is 1. The Kier molecular flexibility index (Phi) is 3.06. The maximum Gasteiger partial charge on any atom is 0.419 e. The van der Waals surface area contributed by atoms with E-state index in [4.69, 9.17) is 5.73 Å². The van der Waals surface area contributed by atoms with Gasteiger partial charge in [-0.15, -0.1) is 5.10 Å². The second kappa shape index (κ2) is 4.40. The Labute approximate surface area is 100 Å². The zero-order chi connectivity index (χ0) is 13.3. The van der Waals surface area contributed by atoms with E-state index in [0.717, 1.165) is 12.1 Å². The van der Waals surface area contributed by atoms with Gasteiger partial charge in [0.15, 0.2) is 0 Å². The number of hydrogen-bond donors (Lipinski definition) is 1. The van der Waals surface area contributed by atoms with Crippen LogP contribution in [0.25, 0.3) is 0 Å². The average Bonchev–Trinajstić information content (AvgIpc) is 2.29. The van der Waals surface area contributed by atoms with Gasteiger partial charge in [-0.05, 0) is 24.1 Å². The molecule has 0 aliphatic carbocycles. The molecule has 0 radical (unpaired) electrons. The standard InChI is InChI=1S/C11H9F4N3/c12-8-2-1-6(5-7(8)11(13,14)15)9-3-4-10(16)18-17-9/h1-2,5H,3-4H2,(H2,16,18). The van der Waals surface area contributed by atoms with Crippen LogP contribution in [0.3, 0.4) is 0 Å². The number of alkyl halides is 3. The van der Waals surface area contributed by atoms with Crippen LogP contribution >= 0.6 is 0 Å². The van der Waals surface area contributed by atoms with Crippen LogP contribution in [0.1, 0.15) is 24.0 Å². The molecule has 0 saturated carbocycles. The van der Waals surface area contributed by atoms with Gasteiger partial charge in [-0.2, -0.15) is 18.3 Å². The van der Waals surface area contributed by atoms with E-state index in [-0.39, 0.29) is 5.56 Å². The van der Waals surface area contributed by atoms with Crippen LogP contribution in [-0.2, 0) is 6.18 Å².